The minimum absolute atomic E-state index is 0.143. The Morgan fingerprint density at radius 3 is 2.03 bits per heavy atom. The molecule has 3 rings (SSSR count). The predicted molar refractivity (Wildman–Crippen MR) is 130 cm³/mol. The second kappa shape index (κ2) is 13.3. The first-order valence-corrected chi connectivity index (χ1v) is 13.7. The Labute approximate surface area is 200 Å². The van der Waals surface area contributed by atoms with Crippen molar-refractivity contribution in [3.63, 3.8) is 0 Å². The van der Waals surface area contributed by atoms with Gasteiger partial charge in [-0.2, -0.15) is 0 Å². The normalized spacial score (nSPS) is 26.4. The van der Waals surface area contributed by atoms with E-state index in [1.54, 1.807) is 0 Å². The maximum Gasteiger partial charge on any atom is 0.333 e. The molecule has 0 radical (unpaired) electrons. The third-order valence-electron chi connectivity index (χ3n) is 7.83. The summed E-state index contributed by atoms with van der Waals surface area (Å²) in [5.74, 6) is 0.750. The fraction of sp³-hybridized carbons (Fsp3) is 0.821. The van der Waals surface area contributed by atoms with Crippen molar-refractivity contribution in [1.29, 1.82) is 0 Å². The van der Waals surface area contributed by atoms with E-state index in [-0.39, 0.29) is 19.3 Å². The molecule has 33 heavy (non-hydrogen) atoms. The van der Waals surface area contributed by atoms with Crippen molar-refractivity contribution < 1.29 is 19.2 Å². The summed E-state index contributed by atoms with van der Waals surface area (Å²) in [7, 11) is 0. The van der Waals surface area contributed by atoms with E-state index in [1.807, 2.05) is 0 Å². The maximum atomic E-state index is 11.7. The maximum absolute atomic E-state index is 11.7. The van der Waals surface area contributed by atoms with Crippen molar-refractivity contribution in [2.75, 3.05) is 0 Å². The first-order chi connectivity index (χ1) is 16.0. The number of amides is 2. The highest BCUT2D eigenvalue weighted by molar-refractivity contribution is 6.01. The summed E-state index contributed by atoms with van der Waals surface area (Å²) in [6, 6.07) is 0. The number of fused-ring (bicyclic) bond motifs is 1. The molecule has 5 nitrogen and oxygen atoms in total. The molecule has 1 saturated heterocycles. The summed E-state index contributed by atoms with van der Waals surface area (Å²) in [6.45, 7) is 2.48. The highest BCUT2D eigenvalue weighted by atomic mass is 16.7. The predicted octanol–water partition coefficient (Wildman–Crippen LogP) is 7.05. The van der Waals surface area contributed by atoms with Crippen LogP contribution >= 0.6 is 0 Å². The Kier molecular flexibility index (Phi) is 10.5. The van der Waals surface area contributed by atoms with E-state index >= 15 is 0 Å². The highest BCUT2D eigenvalue weighted by Crippen LogP contribution is 2.52. The van der Waals surface area contributed by atoms with Crippen LogP contribution in [-0.4, -0.2) is 22.8 Å². The fourth-order valence-corrected chi connectivity index (χ4v) is 5.60. The summed E-state index contributed by atoms with van der Waals surface area (Å²) < 4.78 is 0. The molecule has 3 atom stereocenters. The van der Waals surface area contributed by atoms with Crippen LogP contribution < -0.4 is 0 Å². The second-order valence-electron chi connectivity index (χ2n) is 11.0. The third-order valence-corrected chi connectivity index (χ3v) is 7.83. The zero-order valence-electron chi connectivity index (χ0n) is 20.8. The number of hydroxylamine groups is 2. The summed E-state index contributed by atoms with van der Waals surface area (Å²) in [5, 5.41) is 0.639. The number of carbonyl (C=O) groups is 3. The molecule has 0 bridgehead atoms. The van der Waals surface area contributed by atoms with Crippen LogP contribution in [0.3, 0.4) is 0 Å². The number of unbranched alkanes of at least 4 members (excludes halogenated alkanes) is 11. The van der Waals surface area contributed by atoms with Crippen LogP contribution in [0.15, 0.2) is 12.2 Å². The SMILES string of the molecule is CC1(CCCCCCCCCCCCCCC(=O)ON2C(=O)CCC2=O)C=CCC2CC2C1. The number of carbonyl (C=O) groups excluding carboxylic acids is 3. The van der Waals surface area contributed by atoms with Crippen molar-refractivity contribution in [2.45, 2.75) is 129 Å². The van der Waals surface area contributed by atoms with Gasteiger partial charge in [-0.3, -0.25) is 9.59 Å². The molecule has 0 aromatic rings. The topological polar surface area (TPSA) is 63.7 Å². The van der Waals surface area contributed by atoms with Gasteiger partial charge in [-0.25, -0.2) is 4.79 Å². The lowest BCUT2D eigenvalue weighted by molar-refractivity contribution is -0.197. The van der Waals surface area contributed by atoms with Crippen LogP contribution in [0, 0.1) is 17.3 Å². The molecule has 0 aromatic heterocycles. The van der Waals surface area contributed by atoms with E-state index < -0.39 is 17.8 Å². The largest absolute Gasteiger partial charge is 0.333 e. The zero-order valence-corrected chi connectivity index (χ0v) is 20.8. The van der Waals surface area contributed by atoms with Crippen LogP contribution in [0.5, 0.6) is 0 Å². The molecule has 2 amide bonds. The number of nitrogens with zero attached hydrogens (tertiary/aromatic N) is 1. The van der Waals surface area contributed by atoms with Crippen LogP contribution in [0.1, 0.15) is 129 Å². The average molecular weight is 460 g/mol. The minimum Gasteiger partial charge on any atom is -0.330 e. The van der Waals surface area contributed by atoms with Gasteiger partial charge < -0.3 is 4.84 Å². The minimum atomic E-state index is -0.477. The number of hydrogen-bond acceptors (Lipinski definition) is 4. The molecule has 3 aliphatic rings. The van der Waals surface area contributed by atoms with Gasteiger partial charge >= 0.3 is 5.97 Å². The lowest BCUT2D eigenvalue weighted by Crippen LogP contribution is -2.31. The fourth-order valence-electron chi connectivity index (χ4n) is 5.60. The van der Waals surface area contributed by atoms with E-state index in [0.717, 1.165) is 31.1 Å². The average Bonchev–Trinajstić information content (AvgIpc) is 3.46. The van der Waals surface area contributed by atoms with E-state index in [4.69, 9.17) is 4.84 Å². The Balaban J connectivity index is 1.06. The molecule has 5 heteroatoms. The van der Waals surface area contributed by atoms with Gasteiger partial charge in [0.1, 0.15) is 0 Å². The number of rotatable bonds is 16. The van der Waals surface area contributed by atoms with E-state index in [2.05, 4.69) is 19.1 Å². The summed E-state index contributed by atoms with van der Waals surface area (Å²) in [6.07, 6.45) is 26.1. The molecule has 2 fully saturated rings. The Morgan fingerprint density at radius 1 is 0.879 bits per heavy atom. The lowest BCUT2D eigenvalue weighted by atomic mass is 9.80. The van der Waals surface area contributed by atoms with Crippen LogP contribution in [0.25, 0.3) is 0 Å². The molecule has 3 unspecified atom stereocenters. The quantitative estimate of drug-likeness (QED) is 0.141. The highest BCUT2D eigenvalue weighted by Gasteiger charge is 2.41. The van der Waals surface area contributed by atoms with Gasteiger partial charge in [0.2, 0.25) is 0 Å². The van der Waals surface area contributed by atoms with Gasteiger partial charge in [-0.05, 0) is 49.4 Å². The number of allylic oxidation sites excluding steroid dienone is 2. The molecule has 186 valence electrons. The van der Waals surface area contributed by atoms with Gasteiger partial charge in [-0.1, -0.05) is 89.7 Å². The van der Waals surface area contributed by atoms with Crippen LogP contribution in [0.4, 0.5) is 0 Å². The Hall–Kier alpha value is -1.65. The van der Waals surface area contributed by atoms with Crippen LogP contribution in [0.2, 0.25) is 0 Å². The Bertz CT molecular complexity index is 671. The molecular formula is C28H45NO4. The summed E-state index contributed by atoms with van der Waals surface area (Å²) >= 11 is 0. The lowest BCUT2D eigenvalue weighted by Gasteiger charge is -2.25. The molecule has 1 saturated carbocycles. The molecule has 0 aromatic carbocycles. The molecule has 1 aliphatic heterocycles. The summed E-state index contributed by atoms with van der Waals surface area (Å²) in [5.41, 5.74) is 0.474. The molecule has 1 heterocycles. The molecule has 0 N–H and O–H groups in total. The van der Waals surface area contributed by atoms with Crippen molar-refractivity contribution in [3.05, 3.63) is 12.2 Å². The van der Waals surface area contributed by atoms with Gasteiger partial charge in [0.05, 0.1) is 0 Å². The van der Waals surface area contributed by atoms with Crippen molar-refractivity contribution >= 4 is 17.8 Å². The van der Waals surface area contributed by atoms with Gasteiger partial charge in [0, 0.05) is 19.3 Å². The van der Waals surface area contributed by atoms with E-state index in [0.29, 0.717) is 10.5 Å². The first kappa shape index (κ1) is 26.0. The number of imide groups is 1. The summed E-state index contributed by atoms with van der Waals surface area (Å²) in [4.78, 5) is 39.5. The van der Waals surface area contributed by atoms with Gasteiger partial charge in [0.25, 0.3) is 11.8 Å². The van der Waals surface area contributed by atoms with Crippen molar-refractivity contribution in [3.8, 4) is 0 Å². The standard InChI is InChI=1S/C28H45NO4/c1-28(20-14-15-23-21-24(23)22-28)19-13-11-9-7-5-3-2-4-6-8-10-12-16-27(32)33-29-25(30)17-18-26(29)31/h14,20,23-24H,2-13,15-19,21-22H2,1H3. The second-order valence-corrected chi connectivity index (χ2v) is 11.0. The van der Waals surface area contributed by atoms with Crippen molar-refractivity contribution in [2.24, 2.45) is 17.3 Å². The molecule has 2 aliphatic carbocycles. The van der Waals surface area contributed by atoms with Gasteiger partial charge in [-0.15, -0.1) is 5.06 Å². The van der Waals surface area contributed by atoms with Crippen LogP contribution in [-0.2, 0) is 19.2 Å². The number of hydrogen-bond donors (Lipinski definition) is 0. The zero-order chi connectivity index (χ0) is 23.5. The Morgan fingerprint density at radius 2 is 1.42 bits per heavy atom. The molecular weight excluding hydrogens is 414 g/mol. The van der Waals surface area contributed by atoms with E-state index in [9.17, 15) is 14.4 Å². The van der Waals surface area contributed by atoms with Gasteiger partial charge in [0.15, 0.2) is 0 Å². The monoisotopic (exact) mass is 459 g/mol. The third kappa shape index (κ3) is 9.25. The van der Waals surface area contributed by atoms with E-state index in [1.165, 1.54) is 83.5 Å². The molecule has 0 spiro atoms. The smallest absolute Gasteiger partial charge is 0.330 e. The first-order valence-electron chi connectivity index (χ1n) is 13.7. The van der Waals surface area contributed by atoms with Crippen molar-refractivity contribution in [1.82, 2.24) is 5.06 Å².